The molecule has 0 aromatic heterocycles. The van der Waals surface area contributed by atoms with Crippen molar-refractivity contribution in [2.24, 2.45) is 0 Å². The molecule has 3 heteroatoms. The molecule has 0 saturated heterocycles. The first-order valence-corrected chi connectivity index (χ1v) is 4.92. The second kappa shape index (κ2) is 4.16. The van der Waals surface area contributed by atoms with Gasteiger partial charge >= 0.3 is 0 Å². The number of rotatable bonds is 2. The summed E-state index contributed by atoms with van der Waals surface area (Å²) < 4.78 is 24.5. The van der Waals surface area contributed by atoms with Gasteiger partial charge in [0.15, 0.2) is 0 Å². The van der Waals surface area contributed by atoms with E-state index in [0.29, 0.717) is 10.2 Å². The van der Waals surface area contributed by atoms with E-state index in [1.807, 2.05) is 18.2 Å². The molecule has 0 aliphatic rings. The minimum Gasteiger partial charge on any atom is -0.213 e. The number of halogens is 2. The van der Waals surface area contributed by atoms with Gasteiger partial charge in [0.25, 0.3) is 0 Å². The minimum atomic E-state index is -0.673. The SMILES string of the molecule is FC=C(F)C([SiH3])c1ccccc1. The Morgan fingerprint density at radius 3 is 2.42 bits per heavy atom. The average Bonchev–Trinajstić information content (AvgIpc) is 2.17. The number of hydrogen-bond acceptors (Lipinski definition) is 0. The predicted octanol–water partition coefficient (Wildman–Crippen LogP) is 1.87. The van der Waals surface area contributed by atoms with Gasteiger partial charge in [0.05, 0.1) is 0 Å². The van der Waals surface area contributed by atoms with Gasteiger partial charge in [-0.15, -0.1) is 0 Å². The molecular formula is C9H10F2Si. The van der Waals surface area contributed by atoms with Crippen LogP contribution in [0.25, 0.3) is 0 Å². The molecule has 0 aliphatic heterocycles. The van der Waals surface area contributed by atoms with E-state index in [9.17, 15) is 8.78 Å². The smallest absolute Gasteiger partial charge is 0.132 e. The molecule has 0 aliphatic carbocycles. The molecular weight excluding hydrogens is 174 g/mol. The zero-order chi connectivity index (χ0) is 8.97. The van der Waals surface area contributed by atoms with Crippen LogP contribution in [0, 0.1) is 0 Å². The summed E-state index contributed by atoms with van der Waals surface area (Å²) in [6.07, 6.45) is 0.0463. The van der Waals surface area contributed by atoms with Crippen molar-refractivity contribution in [2.75, 3.05) is 0 Å². The molecule has 0 heterocycles. The van der Waals surface area contributed by atoms with E-state index in [0.717, 1.165) is 5.56 Å². The third-order valence-corrected chi connectivity index (χ3v) is 3.04. The molecule has 0 radical (unpaired) electrons. The van der Waals surface area contributed by atoms with Gasteiger partial charge in [-0.3, -0.25) is 0 Å². The first-order chi connectivity index (χ1) is 5.75. The van der Waals surface area contributed by atoms with E-state index in [1.54, 1.807) is 12.1 Å². The Morgan fingerprint density at radius 2 is 1.92 bits per heavy atom. The van der Waals surface area contributed by atoms with Gasteiger partial charge in [-0.25, -0.2) is 8.78 Å². The summed E-state index contributed by atoms with van der Waals surface area (Å²) in [5.74, 6) is -0.673. The second-order valence-corrected chi connectivity index (χ2v) is 3.78. The molecule has 1 unspecified atom stereocenters. The molecule has 1 aromatic carbocycles. The lowest BCUT2D eigenvalue weighted by Gasteiger charge is -2.07. The highest BCUT2D eigenvalue weighted by Crippen LogP contribution is 2.21. The van der Waals surface area contributed by atoms with E-state index in [2.05, 4.69) is 0 Å². The van der Waals surface area contributed by atoms with Crippen LogP contribution in [0.4, 0.5) is 8.78 Å². The zero-order valence-electron chi connectivity index (χ0n) is 6.80. The molecule has 0 N–H and O–H groups in total. The Bertz CT molecular complexity index is 269. The lowest BCUT2D eigenvalue weighted by atomic mass is 10.1. The highest BCUT2D eigenvalue weighted by Gasteiger charge is 2.09. The Labute approximate surface area is 73.3 Å². The number of hydrogen-bond donors (Lipinski definition) is 0. The first kappa shape index (κ1) is 9.13. The van der Waals surface area contributed by atoms with Crippen molar-refractivity contribution >= 4 is 10.2 Å². The van der Waals surface area contributed by atoms with Crippen molar-refractivity contribution in [1.82, 2.24) is 0 Å². The minimum absolute atomic E-state index is 0.0463. The normalized spacial score (nSPS) is 14.7. The monoisotopic (exact) mass is 184 g/mol. The van der Waals surface area contributed by atoms with Crippen LogP contribution in [0.3, 0.4) is 0 Å². The van der Waals surface area contributed by atoms with E-state index in [1.165, 1.54) is 0 Å². The summed E-state index contributed by atoms with van der Waals surface area (Å²) in [5.41, 5.74) is 0.492. The maximum Gasteiger partial charge on any atom is 0.132 e. The van der Waals surface area contributed by atoms with Crippen LogP contribution < -0.4 is 0 Å². The van der Waals surface area contributed by atoms with Crippen LogP contribution in [-0.4, -0.2) is 10.2 Å². The third-order valence-electron chi connectivity index (χ3n) is 1.82. The van der Waals surface area contributed by atoms with Crippen LogP contribution in [0.1, 0.15) is 11.1 Å². The van der Waals surface area contributed by atoms with Crippen molar-refractivity contribution in [1.29, 1.82) is 0 Å². The number of benzene rings is 1. The molecule has 0 nitrogen and oxygen atoms in total. The van der Waals surface area contributed by atoms with E-state index < -0.39 is 5.83 Å². The Morgan fingerprint density at radius 1 is 1.33 bits per heavy atom. The molecule has 1 aromatic rings. The molecule has 0 spiro atoms. The average molecular weight is 184 g/mol. The van der Waals surface area contributed by atoms with Crippen LogP contribution in [0.5, 0.6) is 0 Å². The largest absolute Gasteiger partial charge is 0.213 e. The Kier molecular flexibility index (Phi) is 3.16. The first-order valence-electron chi connectivity index (χ1n) is 3.76. The molecule has 1 atom stereocenters. The molecule has 0 bridgehead atoms. The van der Waals surface area contributed by atoms with Gasteiger partial charge in [0.2, 0.25) is 0 Å². The van der Waals surface area contributed by atoms with Gasteiger partial charge in [-0.1, -0.05) is 30.3 Å². The van der Waals surface area contributed by atoms with Crippen molar-refractivity contribution in [3.05, 3.63) is 48.1 Å². The van der Waals surface area contributed by atoms with Crippen LogP contribution in [0.15, 0.2) is 42.5 Å². The van der Waals surface area contributed by atoms with Gasteiger partial charge in [0.1, 0.15) is 12.2 Å². The summed E-state index contributed by atoms with van der Waals surface area (Å²) in [7, 11) is 0.587. The van der Waals surface area contributed by atoms with E-state index in [-0.39, 0.29) is 11.9 Å². The zero-order valence-corrected chi connectivity index (χ0v) is 8.80. The van der Waals surface area contributed by atoms with E-state index >= 15 is 0 Å². The van der Waals surface area contributed by atoms with Crippen LogP contribution >= 0.6 is 0 Å². The Balaban J connectivity index is 2.86. The van der Waals surface area contributed by atoms with Crippen molar-refractivity contribution in [2.45, 2.75) is 5.54 Å². The summed E-state index contributed by atoms with van der Waals surface area (Å²) in [5, 5.41) is 0. The van der Waals surface area contributed by atoms with E-state index in [4.69, 9.17) is 0 Å². The van der Waals surface area contributed by atoms with Gasteiger partial charge in [-0.2, -0.15) is 0 Å². The van der Waals surface area contributed by atoms with Gasteiger partial charge in [0, 0.05) is 15.8 Å². The summed E-state index contributed by atoms with van der Waals surface area (Å²) in [6, 6.07) is 9.12. The molecule has 1 rings (SSSR count). The third kappa shape index (κ3) is 2.01. The van der Waals surface area contributed by atoms with Crippen LogP contribution in [-0.2, 0) is 0 Å². The predicted molar refractivity (Wildman–Crippen MR) is 49.4 cm³/mol. The standard InChI is InChI=1S/C9H10F2Si/c10-6-8(11)9(12)7-4-2-1-3-5-7/h1-6,9H,12H3. The maximum absolute atomic E-state index is 12.7. The maximum atomic E-state index is 12.7. The lowest BCUT2D eigenvalue weighted by Crippen LogP contribution is -1.97. The fraction of sp³-hybridized carbons (Fsp3) is 0.111. The fourth-order valence-electron chi connectivity index (χ4n) is 0.995. The topological polar surface area (TPSA) is 0 Å². The quantitative estimate of drug-likeness (QED) is 0.616. The van der Waals surface area contributed by atoms with Crippen molar-refractivity contribution in [3.63, 3.8) is 0 Å². The number of allylic oxidation sites excluding steroid dienone is 1. The summed E-state index contributed by atoms with van der Waals surface area (Å²) in [6.45, 7) is 0. The Hall–Kier alpha value is -0.963. The fourth-order valence-corrected chi connectivity index (χ4v) is 1.51. The molecule has 12 heavy (non-hydrogen) atoms. The summed E-state index contributed by atoms with van der Waals surface area (Å²) >= 11 is 0. The van der Waals surface area contributed by atoms with Crippen LogP contribution in [0.2, 0.25) is 0 Å². The van der Waals surface area contributed by atoms with Crippen molar-refractivity contribution < 1.29 is 8.78 Å². The molecule has 0 saturated carbocycles. The molecule has 64 valence electrons. The highest BCUT2D eigenvalue weighted by atomic mass is 28.1. The highest BCUT2D eigenvalue weighted by molar-refractivity contribution is 6.14. The molecule has 0 amide bonds. The second-order valence-electron chi connectivity index (χ2n) is 2.63. The lowest BCUT2D eigenvalue weighted by molar-refractivity contribution is 0.557. The van der Waals surface area contributed by atoms with Gasteiger partial charge < -0.3 is 0 Å². The summed E-state index contributed by atoms with van der Waals surface area (Å²) in [4.78, 5) is 0. The van der Waals surface area contributed by atoms with Gasteiger partial charge in [-0.05, 0) is 5.56 Å². The molecule has 0 fully saturated rings. The van der Waals surface area contributed by atoms with Crippen molar-refractivity contribution in [3.8, 4) is 0 Å².